The van der Waals surface area contributed by atoms with E-state index < -0.39 is 47.1 Å². The Bertz CT molecular complexity index is 1300. The summed E-state index contributed by atoms with van der Waals surface area (Å²) in [6, 6.07) is 3.51. The van der Waals surface area contributed by atoms with Gasteiger partial charge in [-0.1, -0.05) is 13.0 Å². The summed E-state index contributed by atoms with van der Waals surface area (Å²) in [7, 11) is 4.71. The molecule has 1 spiro atoms. The predicted molar refractivity (Wildman–Crippen MR) is 143 cm³/mol. The molecular formula is C26H31ClN6O6. The number of likely N-dealkylation sites (N-methyl/N-ethyl adjacent to an activating group) is 1. The number of carbonyl (C=O) groups excluding carboxylic acids is 6. The highest BCUT2D eigenvalue weighted by Gasteiger charge is 2.63. The second kappa shape index (κ2) is 10.1. The maximum absolute atomic E-state index is 13.7. The maximum Gasteiger partial charge on any atom is 0.332 e. The molecule has 4 aliphatic heterocycles. The van der Waals surface area contributed by atoms with Crippen molar-refractivity contribution in [3.63, 3.8) is 0 Å². The number of hydrogen-bond acceptors (Lipinski definition) is 8. The number of urea groups is 2. The molecule has 13 heteroatoms. The number of fused-ring (bicyclic) bond motifs is 4. The highest BCUT2D eigenvalue weighted by atomic mass is 35.5. The zero-order chi connectivity index (χ0) is 27.5. The number of rotatable bonds is 3. The van der Waals surface area contributed by atoms with Crippen molar-refractivity contribution < 1.29 is 28.8 Å². The molecule has 1 aromatic carbocycles. The van der Waals surface area contributed by atoms with Crippen LogP contribution in [0.15, 0.2) is 23.8 Å². The smallest absolute Gasteiger partial charge is 0.332 e. The van der Waals surface area contributed by atoms with Gasteiger partial charge in [0, 0.05) is 46.0 Å². The lowest BCUT2D eigenvalue weighted by Crippen LogP contribution is -2.74. The van der Waals surface area contributed by atoms with Crippen molar-refractivity contribution in [2.24, 2.45) is 5.41 Å². The van der Waals surface area contributed by atoms with E-state index in [0.29, 0.717) is 30.6 Å². The molecule has 0 radical (unpaired) electrons. The van der Waals surface area contributed by atoms with Crippen LogP contribution in [0.25, 0.3) is 6.08 Å². The molecule has 5 rings (SSSR count). The first-order valence-electron chi connectivity index (χ1n) is 12.6. The molecule has 0 saturated carbocycles. The lowest BCUT2D eigenvalue weighted by atomic mass is 9.67. The molecule has 12 nitrogen and oxygen atoms in total. The van der Waals surface area contributed by atoms with Crippen molar-refractivity contribution in [3.8, 4) is 0 Å². The van der Waals surface area contributed by atoms with E-state index in [4.69, 9.17) is 0 Å². The van der Waals surface area contributed by atoms with Gasteiger partial charge in [-0.2, -0.15) is 0 Å². The van der Waals surface area contributed by atoms with Crippen LogP contribution < -0.4 is 10.2 Å². The molecule has 0 aromatic heterocycles. The van der Waals surface area contributed by atoms with Crippen LogP contribution >= 0.6 is 12.4 Å². The summed E-state index contributed by atoms with van der Waals surface area (Å²) >= 11 is 0. The van der Waals surface area contributed by atoms with Gasteiger partial charge < -0.3 is 9.80 Å². The van der Waals surface area contributed by atoms with E-state index in [2.05, 4.69) is 15.1 Å². The largest absolute Gasteiger partial charge is 0.364 e. The Hall–Kier alpha value is -3.77. The fraction of sp³-hybridized carbons (Fsp3) is 0.462. The van der Waals surface area contributed by atoms with E-state index in [1.807, 2.05) is 20.0 Å². The Morgan fingerprint density at radius 3 is 2.31 bits per heavy atom. The van der Waals surface area contributed by atoms with Crippen molar-refractivity contribution in [1.82, 2.24) is 24.9 Å². The Morgan fingerprint density at radius 1 is 1.00 bits per heavy atom. The first-order valence-corrected chi connectivity index (χ1v) is 12.6. The number of hydrogen-bond donors (Lipinski definition) is 1. The standard InChI is InChI=1S/C26H30N6O6.ClH/c1-5-8-32-21(34)17(20(33)27-24(32)37)12-15-6-7-18-16(11-15)13-26(19-14-28(2)9-10-31(18)19)22(35)29(3)25(38)30(4)23(26)36;/h6-7,11-12,19H,5,8-10,13-14H2,1-4H3,(H,27,33,37);1H/b17-12+;. The molecule has 1 atom stereocenters. The van der Waals surface area contributed by atoms with E-state index in [-0.39, 0.29) is 30.9 Å². The Balaban J connectivity index is 0.00000353. The lowest BCUT2D eigenvalue weighted by molar-refractivity contribution is -0.160. The second-order valence-corrected chi connectivity index (χ2v) is 10.3. The van der Waals surface area contributed by atoms with E-state index in [1.54, 1.807) is 12.1 Å². The van der Waals surface area contributed by atoms with E-state index in [0.717, 1.165) is 26.9 Å². The molecule has 3 saturated heterocycles. The number of nitrogens with zero attached hydrogens (tertiary/aromatic N) is 5. The zero-order valence-electron chi connectivity index (χ0n) is 22.2. The fourth-order valence-corrected chi connectivity index (χ4v) is 5.98. The molecule has 4 heterocycles. The molecule has 4 aliphatic rings. The average molecular weight is 559 g/mol. The van der Waals surface area contributed by atoms with Crippen molar-refractivity contribution >= 4 is 59.9 Å². The molecule has 39 heavy (non-hydrogen) atoms. The molecule has 208 valence electrons. The number of carbonyl (C=O) groups is 6. The topological polar surface area (TPSA) is 131 Å². The molecule has 0 aliphatic carbocycles. The number of amides is 8. The first kappa shape index (κ1) is 28.2. The Labute approximate surface area is 231 Å². The third kappa shape index (κ3) is 4.18. The Kier molecular flexibility index (Phi) is 7.30. The molecular weight excluding hydrogens is 528 g/mol. The van der Waals surface area contributed by atoms with Gasteiger partial charge in [0.05, 0.1) is 6.04 Å². The molecule has 1 N–H and O–H groups in total. The Morgan fingerprint density at radius 2 is 1.67 bits per heavy atom. The molecule has 8 amide bonds. The molecule has 3 fully saturated rings. The summed E-state index contributed by atoms with van der Waals surface area (Å²) in [6.07, 6.45) is 2.03. The highest BCUT2D eigenvalue weighted by molar-refractivity contribution is 6.31. The summed E-state index contributed by atoms with van der Waals surface area (Å²) in [5, 5.41) is 2.20. The van der Waals surface area contributed by atoms with Gasteiger partial charge in [-0.3, -0.25) is 39.2 Å². The van der Waals surface area contributed by atoms with Crippen molar-refractivity contribution in [2.45, 2.75) is 25.8 Å². The minimum Gasteiger partial charge on any atom is -0.364 e. The van der Waals surface area contributed by atoms with Crippen molar-refractivity contribution in [1.29, 1.82) is 0 Å². The summed E-state index contributed by atoms with van der Waals surface area (Å²) in [5.41, 5.74) is 0.400. The van der Waals surface area contributed by atoms with Crippen LogP contribution in [0.1, 0.15) is 24.5 Å². The van der Waals surface area contributed by atoms with Crippen molar-refractivity contribution in [2.75, 3.05) is 52.2 Å². The number of halogens is 1. The van der Waals surface area contributed by atoms with Gasteiger partial charge in [-0.25, -0.2) is 9.59 Å². The van der Waals surface area contributed by atoms with Crippen LogP contribution in [0.3, 0.4) is 0 Å². The third-order valence-corrected chi connectivity index (χ3v) is 7.92. The van der Waals surface area contributed by atoms with Gasteiger partial charge in [0.25, 0.3) is 11.8 Å². The van der Waals surface area contributed by atoms with Gasteiger partial charge in [-0.05, 0) is 49.2 Å². The van der Waals surface area contributed by atoms with Crippen LogP contribution in [0.4, 0.5) is 15.3 Å². The van der Waals surface area contributed by atoms with E-state index in [1.165, 1.54) is 20.2 Å². The third-order valence-electron chi connectivity index (χ3n) is 7.92. The van der Waals surface area contributed by atoms with Crippen LogP contribution in [-0.4, -0.2) is 109 Å². The minimum atomic E-state index is -1.51. The number of benzene rings is 1. The second-order valence-electron chi connectivity index (χ2n) is 10.3. The SMILES string of the molecule is CCCN1C(=O)NC(=O)/C(=C\c2ccc3c(c2)CC2(C(=O)N(C)C(=O)N(C)C2=O)C2CN(C)CCN32)C1=O.Cl. The summed E-state index contributed by atoms with van der Waals surface area (Å²) in [4.78, 5) is 84.7. The van der Waals surface area contributed by atoms with Crippen LogP contribution in [-0.2, 0) is 25.6 Å². The van der Waals surface area contributed by atoms with Gasteiger partial charge in [-0.15, -0.1) is 12.4 Å². The maximum atomic E-state index is 13.7. The number of piperazine rings is 1. The van der Waals surface area contributed by atoms with Gasteiger partial charge in [0.1, 0.15) is 5.57 Å². The number of barbiturate groups is 2. The molecule has 1 unspecified atom stereocenters. The summed E-state index contributed by atoms with van der Waals surface area (Å²) in [5.74, 6) is -2.53. The average Bonchev–Trinajstić information content (AvgIpc) is 2.89. The van der Waals surface area contributed by atoms with Gasteiger partial charge in [0.15, 0.2) is 5.41 Å². The van der Waals surface area contributed by atoms with Crippen molar-refractivity contribution in [3.05, 3.63) is 34.9 Å². The number of imide groups is 4. The fourth-order valence-electron chi connectivity index (χ4n) is 5.98. The highest BCUT2D eigenvalue weighted by Crippen LogP contribution is 2.47. The van der Waals surface area contributed by atoms with Gasteiger partial charge >= 0.3 is 12.1 Å². The minimum absolute atomic E-state index is 0. The predicted octanol–water partition coefficient (Wildman–Crippen LogP) is 0.694. The normalized spacial score (nSPS) is 24.2. The van der Waals surface area contributed by atoms with Crippen LogP contribution in [0.2, 0.25) is 0 Å². The lowest BCUT2D eigenvalue weighted by Gasteiger charge is -2.55. The molecule has 0 bridgehead atoms. The zero-order valence-corrected chi connectivity index (χ0v) is 23.0. The molecule has 1 aromatic rings. The number of anilines is 1. The van der Waals surface area contributed by atoms with Crippen LogP contribution in [0, 0.1) is 5.41 Å². The van der Waals surface area contributed by atoms with E-state index in [9.17, 15) is 28.8 Å². The van der Waals surface area contributed by atoms with Crippen LogP contribution in [0.5, 0.6) is 0 Å². The number of nitrogens with one attached hydrogen (secondary N) is 1. The summed E-state index contributed by atoms with van der Waals surface area (Å²) < 4.78 is 0. The van der Waals surface area contributed by atoms with Gasteiger partial charge in [0.2, 0.25) is 11.8 Å². The first-order chi connectivity index (χ1) is 18.0. The summed E-state index contributed by atoms with van der Waals surface area (Å²) in [6.45, 7) is 3.76. The monoisotopic (exact) mass is 558 g/mol. The van der Waals surface area contributed by atoms with E-state index >= 15 is 0 Å². The quantitative estimate of drug-likeness (QED) is 0.326.